The zero-order chi connectivity index (χ0) is 30.5. The van der Waals surface area contributed by atoms with E-state index in [4.69, 9.17) is 0 Å². The molecule has 2 amide bonds. The van der Waals surface area contributed by atoms with Crippen LogP contribution in [0.1, 0.15) is 66.6 Å². The first-order valence-corrected chi connectivity index (χ1v) is 16.5. The predicted molar refractivity (Wildman–Crippen MR) is 162 cm³/mol. The minimum Gasteiger partial charge on any atom is -0.396 e. The number of ketones is 1. The molecular weight excluding hydrogens is 578 g/mol. The highest BCUT2D eigenvalue weighted by Gasteiger charge is 2.37. The minimum absolute atomic E-state index is 0.00220. The van der Waals surface area contributed by atoms with Gasteiger partial charge in [-0.2, -0.15) is 0 Å². The summed E-state index contributed by atoms with van der Waals surface area (Å²) in [6.45, 7) is 3.16. The molecule has 0 radical (unpaired) electrons. The van der Waals surface area contributed by atoms with E-state index in [0.717, 1.165) is 35.3 Å². The van der Waals surface area contributed by atoms with Crippen molar-refractivity contribution in [2.24, 2.45) is 5.41 Å². The summed E-state index contributed by atoms with van der Waals surface area (Å²) in [7, 11) is -4.04. The van der Waals surface area contributed by atoms with Gasteiger partial charge in [0.15, 0.2) is 20.9 Å². The zero-order valence-electron chi connectivity index (χ0n) is 23.8. The van der Waals surface area contributed by atoms with E-state index in [-0.39, 0.29) is 54.3 Å². The van der Waals surface area contributed by atoms with E-state index in [9.17, 15) is 33.0 Å². The van der Waals surface area contributed by atoms with Crippen molar-refractivity contribution >= 4 is 49.0 Å². The standard InChI is InChI=1S/C30H37N3O7S2/c1-30(2,18-35)13-12-24(36)20-6-4-19(5-7-20)21-8-11-23-25(16-21)41-29(33-23)27(42(39,40)15-3-14-34)28(38)31-17-26(37)32-22-9-10-22/h4-8,11,16,22,27,34-35H,3,9-10,12-15,17-18H2,1-2H3,(H,31,38)(H,32,37). The average molecular weight is 616 g/mol. The Balaban J connectivity index is 1.54. The first-order valence-electron chi connectivity index (χ1n) is 14.0. The van der Waals surface area contributed by atoms with Gasteiger partial charge in [-0.3, -0.25) is 14.4 Å². The van der Waals surface area contributed by atoms with Crippen LogP contribution in [0.15, 0.2) is 42.5 Å². The second-order valence-corrected chi connectivity index (χ2v) is 14.7. The van der Waals surface area contributed by atoms with Crippen LogP contribution in [0.3, 0.4) is 0 Å². The topological polar surface area (TPSA) is 163 Å². The van der Waals surface area contributed by atoms with Crippen molar-refractivity contribution in [3.8, 4) is 11.1 Å². The molecule has 12 heteroatoms. The molecule has 0 bridgehead atoms. The third-order valence-corrected chi connectivity index (χ3v) is 10.4. The van der Waals surface area contributed by atoms with Gasteiger partial charge in [0.1, 0.15) is 5.01 Å². The first kappa shape index (κ1) is 31.7. The summed E-state index contributed by atoms with van der Waals surface area (Å²) in [6.07, 6.45) is 2.66. The van der Waals surface area contributed by atoms with Crippen molar-refractivity contribution in [2.75, 3.05) is 25.5 Å². The molecule has 1 aliphatic carbocycles. The lowest BCUT2D eigenvalue weighted by Gasteiger charge is -2.20. The molecule has 1 atom stereocenters. The minimum atomic E-state index is -4.04. The molecule has 1 fully saturated rings. The van der Waals surface area contributed by atoms with Gasteiger partial charge >= 0.3 is 0 Å². The maximum atomic E-state index is 13.2. The molecule has 226 valence electrons. The van der Waals surface area contributed by atoms with Gasteiger partial charge in [-0.15, -0.1) is 11.3 Å². The highest BCUT2D eigenvalue weighted by atomic mass is 32.2. The lowest BCUT2D eigenvalue weighted by molar-refractivity contribution is -0.126. The number of sulfone groups is 1. The number of nitrogens with zero attached hydrogens (tertiary/aromatic N) is 1. The number of benzene rings is 2. The Bertz CT molecular complexity index is 1540. The molecule has 1 aliphatic rings. The number of aliphatic hydroxyl groups excluding tert-OH is 2. The number of aliphatic hydroxyl groups is 2. The van der Waals surface area contributed by atoms with Gasteiger partial charge in [0.25, 0.3) is 0 Å². The van der Waals surface area contributed by atoms with Crippen LogP contribution >= 0.6 is 11.3 Å². The number of aromatic nitrogens is 1. The van der Waals surface area contributed by atoms with Crippen LogP contribution in [0.2, 0.25) is 0 Å². The highest BCUT2D eigenvalue weighted by Crippen LogP contribution is 2.34. The molecule has 0 saturated heterocycles. The number of hydrogen-bond donors (Lipinski definition) is 4. The largest absolute Gasteiger partial charge is 0.396 e. The predicted octanol–water partition coefficient (Wildman–Crippen LogP) is 3.18. The maximum Gasteiger partial charge on any atom is 0.245 e. The van der Waals surface area contributed by atoms with Crippen molar-refractivity contribution < 1.29 is 33.0 Å². The maximum absolute atomic E-state index is 13.2. The summed E-state index contributed by atoms with van der Waals surface area (Å²) in [5, 5.41) is 22.3. The summed E-state index contributed by atoms with van der Waals surface area (Å²) in [6, 6.07) is 12.8. The van der Waals surface area contributed by atoms with Gasteiger partial charge < -0.3 is 20.8 Å². The Morgan fingerprint density at radius 2 is 1.76 bits per heavy atom. The van der Waals surface area contributed by atoms with Crippen molar-refractivity contribution in [1.29, 1.82) is 0 Å². The lowest BCUT2D eigenvalue weighted by atomic mass is 9.87. The Labute approximate surface area is 249 Å². The van der Waals surface area contributed by atoms with Gasteiger partial charge in [-0.05, 0) is 54.4 Å². The molecule has 4 N–H and O–H groups in total. The summed E-state index contributed by atoms with van der Waals surface area (Å²) >= 11 is 1.09. The van der Waals surface area contributed by atoms with E-state index in [0.29, 0.717) is 28.6 Å². The number of hydrogen-bond acceptors (Lipinski definition) is 9. The molecule has 1 aromatic heterocycles. The van der Waals surface area contributed by atoms with E-state index in [1.165, 1.54) is 0 Å². The third-order valence-electron chi connectivity index (χ3n) is 7.18. The fraction of sp³-hybridized carbons (Fsp3) is 0.467. The van der Waals surface area contributed by atoms with Crippen molar-refractivity contribution in [3.63, 3.8) is 0 Å². The van der Waals surface area contributed by atoms with Crippen LogP contribution in [-0.4, -0.2) is 72.8 Å². The van der Waals surface area contributed by atoms with Crippen molar-refractivity contribution in [1.82, 2.24) is 15.6 Å². The lowest BCUT2D eigenvalue weighted by Crippen LogP contribution is -2.41. The van der Waals surface area contributed by atoms with E-state index in [1.807, 2.05) is 38.1 Å². The second kappa shape index (κ2) is 13.4. The molecule has 1 unspecified atom stereocenters. The quantitative estimate of drug-likeness (QED) is 0.190. The summed E-state index contributed by atoms with van der Waals surface area (Å²) < 4.78 is 27.1. The Morgan fingerprint density at radius 3 is 2.40 bits per heavy atom. The third kappa shape index (κ3) is 8.21. The van der Waals surface area contributed by atoms with Gasteiger partial charge in [-0.1, -0.05) is 44.2 Å². The van der Waals surface area contributed by atoms with Crippen LogP contribution in [0.4, 0.5) is 0 Å². The molecular formula is C30H37N3O7S2. The monoisotopic (exact) mass is 615 g/mol. The Morgan fingerprint density at radius 1 is 1.07 bits per heavy atom. The molecule has 0 aliphatic heterocycles. The molecule has 42 heavy (non-hydrogen) atoms. The number of fused-ring (bicyclic) bond motifs is 1. The van der Waals surface area contributed by atoms with E-state index in [1.54, 1.807) is 18.2 Å². The molecule has 0 spiro atoms. The van der Waals surface area contributed by atoms with E-state index in [2.05, 4.69) is 15.6 Å². The van der Waals surface area contributed by atoms with E-state index >= 15 is 0 Å². The molecule has 3 aromatic rings. The van der Waals surface area contributed by atoms with Crippen LogP contribution in [0, 0.1) is 5.41 Å². The Kier molecular flexibility index (Phi) is 10.1. The zero-order valence-corrected chi connectivity index (χ0v) is 25.4. The number of thiazole rings is 1. The Hall–Kier alpha value is -3.19. The second-order valence-electron chi connectivity index (χ2n) is 11.4. The van der Waals surface area contributed by atoms with E-state index < -0.39 is 26.7 Å². The van der Waals surface area contributed by atoms with Crippen molar-refractivity contribution in [2.45, 2.75) is 57.2 Å². The fourth-order valence-corrected chi connectivity index (χ4v) is 7.45. The van der Waals surface area contributed by atoms with Crippen LogP contribution in [0.25, 0.3) is 21.3 Å². The highest BCUT2D eigenvalue weighted by molar-refractivity contribution is 7.92. The average Bonchev–Trinajstić information content (AvgIpc) is 3.69. The van der Waals surface area contributed by atoms with Crippen LogP contribution < -0.4 is 10.6 Å². The van der Waals surface area contributed by atoms with Crippen LogP contribution in [0.5, 0.6) is 0 Å². The fourth-order valence-electron chi connectivity index (χ4n) is 4.34. The first-order chi connectivity index (χ1) is 19.9. The number of Topliss-reactive ketones (excluding diaryl/α,β-unsaturated/α-hetero) is 1. The number of carbonyl (C=O) groups is 3. The molecule has 1 saturated carbocycles. The smallest absolute Gasteiger partial charge is 0.245 e. The summed E-state index contributed by atoms with van der Waals surface area (Å²) in [5.74, 6) is -1.62. The molecule has 10 nitrogen and oxygen atoms in total. The van der Waals surface area contributed by atoms with Crippen molar-refractivity contribution in [3.05, 3.63) is 53.0 Å². The normalized spacial score (nSPS) is 14.5. The molecule has 1 heterocycles. The van der Waals surface area contributed by atoms with Gasteiger partial charge in [0.2, 0.25) is 11.8 Å². The molecule has 4 rings (SSSR count). The number of nitrogens with one attached hydrogen (secondary N) is 2. The summed E-state index contributed by atoms with van der Waals surface area (Å²) in [4.78, 5) is 42.3. The van der Waals surface area contributed by atoms with Gasteiger partial charge in [0.05, 0.1) is 22.5 Å². The number of carbonyl (C=O) groups excluding carboxylic acids is 3. The number of amides is 2. The van der Waals surface area contributed by atoms with Gasteiger partial charge in [0, 0.05) is 31.2 Å². The van der Waals surface area contributed by atoms with Crippen LogP contribution in [-0.2, 0) is 19.4 Å². The number of rotatable bonds is 15. The SMILES string of the molecule is CC(C)(CO)CCC(=O)c1ccc(-c2ccc3nc(C(C(=O)NCC(=O)NC4CC4)S(=O)(=O)CCCO)sc3c2)cc1. The van der Waals surface area contributed by atoms with Gasteiger partial charge in [-0.25, -0.2) is 13.4 Å². The molecule has 2 aromatic carbocycles. The summed E-state index contributed by atoms with van der Waals surface area (Å²) in [5.41, 5.74) is 2.48.